The molecule has 106 valence electrons. The topological polar surface area (TPSA) is 81.6 Å². The van der Waals surface area contributed by atoms with Crippen molar-refractivity contribution >= 4 is 23.3 Å². The van der Waals surface area contributed by atoms with E-state index in [4.69, 9.17) is 11.6 Å². The van der Waals surface area contributed by atoms with Gasteiger partial charge in [0.1, 0.15) is 5.75 Å². The molecule has 0 aromatic heterocycles. The fraction of sp³-hybridized carbons (Fsp3) is 0.462. The van der Waals surface area contributed by atoms with Gasteiger partial charge < -0.3 is 20.8 Å². The van der Waals surface area contributed by atoms with Gasteiger partial charge in [-0.3, -0.25) is 0 Å². The van der Waals surface area contributed by atoms with Crippen molar-refractivity contribution in [2.75, 3.05) is 11.9 Å². The first-order valence-corrected chi connectivity index (χ1v) is 6.58. The van der Waals surface area contributed by atoms with Crippen molar-refractivity contribution in [1.29, 1.82) is 0 Å². The number of aliphatic hydroxyl groups is 1. The van der Waals surface area contributed by atoms with Crippen LogP contribution in [0.2, 0.25) is 5.02 Å². The number of rotatable bonds is 5. The molecule has 0 fully saturated rings. The second kappa shape index (κ2) is 7.21. The first-order valence-electron chi connectivity index (χ1n) is 6.21. The minimum absolute atomic E-state index is 0.176. The zero-order valence-electron chi connectivity index (χ0n) is 11.0. The van der Waals surface area contributed by atoms with Crippen LogP contribution in [0.3, 0.4) is 0 Å². The van der Waals surface area contributed by atoms with E-state index in [1.807, 2.05) is 6.92 Å². The van der Waals surface area contributed by atoms with Crippen molar-refractivity contribution in [3.63, 3.8) is 0 Å². The molecule has 0 heterocycles. The number of phenolic OH excluding ortho intramolecular Hbond substituents is 1. The Morgan fingerprint density at radius 1 is 1.47 bits per heavy atom. The summed E-state index contributed by atoms with van der Waals surface area (Å²) in [6.45, 7) is 4.10. The van der Waals surface area contributed by atoms with E-state index in [-0.39, 0.29) is 17.0 Å². The summed E-state index contributed by atoms with van der Waals surface area (Å²) in [5, 5.41) is 25.0. The van der Waals surface area contributed by atoms with Crippen LogP contribution >= 0.6 is 11.6 Å². The molecule has 0 aliphatic rings. The van der Waals surface area contributed by atoms with Crippen molar-refractivity contribution in [1.82, 2.24) is 5.32 Å². The van der Waals surface area contributed by atoms with Crippen LogP contribution in [0.25, 0.3) is 0 Å². The fourth-order valence-electron chi connectivity index (χ4n) is 1.58. The van der Waals surface area contributed by atoms with Crippen LogP contribution < -0.4 is 10.6 Å². The molecule has 19 heavy (non-hydrogen) atoms. The lowest BCUT2D eigenvalue weighted by Gasteiger charge is -2.14. The number of nitrogens with one attached hydrogen (secondary N) is 2. The van der Waals surface area contributed by atoms with Gasteiger partial charge in [0, 0.05) is 17.1 Å². The fourth-order valence-corrected chi connectivity index (χ4v) is 1.81. The highest BCUT2D eigenvalue weighted by Crippen LogP contribution is 2.35. The molecular weight excluding hydrogens is 268 g/mol. The Balaban J connectivity index is 2.80. The van der Waals surface area contributed by atoms with E-state index in [0.29, 0.717) is 11.6 Å². The summed E-state index contributed by atoms with van der Waals surface area (Å²) in [7, 11) is 0. The highest BCUT2D eigenvalue weighted by molar-refractivity contribution is 6.31. The van der Waals surface area contributed by atoms with Gasteiger partial charge >= 0.3 is 6.03 Å². The number of amides is 2. The molecule has 0 aliphatic heterocycles. The van der Waals surface area contributed by atoms with Crippen molar-refractivity contribution in [2.45, 2.75) is 32.8 Å². The number of halogens is 1. The van der Waals surface area contributed by atoms with Gasteiger partial charge in [-0.05, 0) is 25.5 Å². The van der Waals surface area contributed by atoms with Gasteiger partial charge in [0.15, 0.2) is 0 Å². The number of hydrogen-bond donors (Lipinski definition) is 4. The highest BCUT2D eigenvalue weighted by atomic mass is 35.5. The number of carbonyl (C=O) groups excluding carboxylic acids is 1. The summed E-state index contributed by atoms with van der Waals surface area (Å²) in [5.41, 5.74) is 0.453. The van der Waals surface area contributed by atoms with Crippen LogP contribution in [-0.4, -0.2) is 22.8 Å². The van der Waals surface area contributed by atoms with Gasteiger partial charge in [-0.2, -0.15) is 0 Å². The number of unbranched alkanes of at least 4 members (excludes halogenated alkanes) is 1. The Kier molecular flexibility index (Phi) is 5.92. The normalized spacial score (nSPS) is 12.0. The summed E-state index contributed by atoms with van der Waals surface area (Å²) in [5.74, 6) is -0.176. The molecule has 1 rings (SSSR count). The molecule has 4 N–H and O–H groups in total. The number of phenols is 1. The van der Waals surface area contributed by atoms with Gasteiger partial charge in [-0.25, -0.2) is 4.79 Å². The lowest BCUT2D eigenvalue weighted by atomic mass is 10.1. The number of urea groups is 1. The summed E-state index contributed by atoms with van der Waals surface area (Å²) in [4.78, 5) is 11.6. The maximum absolute atomic E-state index is 11.6. The number of aromatic hydroxyl groups is 1. The second-order valence-electron chi connectivity index (χ2n) is 4.30. The molecule has 1 aromatic rings. The van der Waals surface area contributed by atoms with Gasteiger partial charge in [-0.15, -0.1) is 0 Å². The van der Waals surface area contributed by atoms with E-state index in [1.54, 1.807) is 0 Å². The average Bonchev–Trinajstić information content (AvgIpc) is 2.33. The summed E-state index contributed by atoms with van der Waals surface area (Å²) < 4.78 is 0. The number of hydrogen-bond acceptors (Lipinski definition) is 3. The van der Waals surface area contributed by atoms with Crippen LogP contribution in [0.4, 0.5) is 10.5 Å². The molecule has 1 aromatic carbocycles. The quantitative estimate of drug-likeness (QED) is 0.496. The van der Waals surface area contributed by atoms with E-state index in [2.05, 4.69) is 10.6 Å². The Bertz CT molecular complexity index is 450. The lowest BCUT2D eigenvalue weighted by Crippen LogP contribution is -2.29. The molecule has 0 aliphatic carbocycles. The van der Waals surface area contributed by atoms with E-state index < -0.39 is 12.1 Å². The van der Waals surface area contributed by atoms with Crippen molar-refractivity contribution in [3.8, 4) is 5.75 Å². The van der Waals surface area contributed by atoms with Gasteiger partial charge in [0.05, 0.1) is 11.8 Å². The van der Waals surface area contributed by atoms with Crippen LogP contribution in [0.1, 0.15) is 38.4 Å². The Morgan fingerprint density at radius 2 is 2.16 bits per heavy atom. The minimum Gasteiger partial charge on any atom is -0.505 e. The lowest BCUT2D eigenvalue weighted by molar-refractivity contribution is 0.195. The number of benzene rings is 1. The van der Waals surface area contributed by atoms with Crippen LogP contribution in [0.5, 0.6) is 5.75 Å². The largest absolute Gasteiger partial charge is 0.505 e. The predicted molar refractivity (Wildman–Crippen MR) is 75.7 cm³/mol. The Labute approximate surface area is 117 Å². The van der Waals surface area contributed by atoms with E-state index in [0.717, 1.165) is 12.8 Å². The van der Waals surface area contributed by atoms with E-state index in [1.165, 1.54) is 19.1 Å². The van der Waals surface area contributed by atoms with Gasteiger partial charge in [0.25, 0.3) is 0 Å². The van der Waals surface area contributed by atoms with Crippen LogP contribution in [-0.2, 0) is 0 Å². The number of aliphatic hydroxyl groups excluding tert-OH is 1. The molecule has 6 heteroatoms. The molecule has 0 saturated carbocycles. The Morgan fingerprint density at radius 3 is 2.74 bits per heavy atom. The van der Waals surface area contributed by atoms with Crippen molar-refractivity contribution < 1.29 is 15.0 Å². The summed E-state index contributed by atoms with van der Waals surface area (Å²) >= 11 is 5.88. The standard InChI is InChI=1S/C13H19ClN2O3/c1-3-4-5-15-13(19)16-11-7-9(14)6-10(8(2)17)12(11)18/h6-8,17-18H,3-5H2,1-2H3,(H2,15,16,19). The summed E-state index contributed by atoms with van der Waals surface area (Å²) in [6.07, 6.45) is 0.991. The zero-order chi connectivity index (χ0) is 14.4. The highest BCUT2D eigenvalue weighted by Gasteiger charge is 2.15. The smallest absolute Gasteiger partial charge is 0.319 e. The first-order chi connectivity index (χ1) is 8.95. The number of carbonyl (C=O) groups is 1. The number of anilines is 1. The van der Waals surface area contributed by atoms with Crippen LogP contribution in [0.15, 0.2) is 12.1 Å². The maximum atomic E-state index is 11.6. The van der Waals surface area contributed by atoms with Gasteiger partial charge in [0.2, 0.25) is 0 Å². The Hall–Kier alpha value is -1.46. The predicted octanol–water partition coefficient (Wildman–Crippen LogP) is 3.02. The van der Waals surface area contributed by atoms with Gasteiger partial charge in [-0.1, -0.05) is 24.9 Å². The molecule has 0 saturated heterocycles. The summed E-state index contributed by atoms with van der Waals surface area (Å²) in [6, 6.07) is 2.48. The molecule has 0 radical (unpaired) electrons. The molecule has 0 spiro atoms. The first kappa shape index (κ1) is 15.6. The molecular formula is C13H19ClN2O3. The maximum Gasteiger partial charge on any atom is 0.319 e. The monoisotopic (exact) mass is 286 g/mol. The van der Waals surface area contributed by atoms with E-state index in [9.17, 15) is 15.0 Å². The molecule has 5 nitrogen and oxygen atoms in total. The zero-order valence-corrected chi connectivity index (χ0v) is 11.8. The third-order valence-electron chi connectivity index (χ3n) is 2.62. The second-order valence-corrected chi connectivity index (χ2v) is 4.74. The third kappa shape index (κ3) is 4.61. The molecule has 2 amide bonds. The van der Waals surface area contributed by atoms with Crippen molar-refractivity contribution in [3.05, 3.63) is 22.7 Å². The van der Waals surface area contributed by atoms with E-state index >= 15 is 0 Å². The SMILES string of the molecule is CCCCNC(=O)Nc1cc(Cl)cc(C(C)O)c1O. The van der Waals surface area contributed by atoms with Crippen LogP contribution in [0, 0.1) is 0 Å². The minimum atomic E-state index is -0.873. The molecule has 1 unspecified atom stereocenters. The van der Waals surface area contributed by atoms with Crippen molar-refractivity contribution in [2.24, 2.45) is 0 Å². The average molecular weight is 287 g/mol. The third-order valence-corrected chi connectivity index (χ3v) is 2.84. The molecule has 0 bridgehead atoms. The molecule has 1 atom stereocenters.